The lowest BCUT2D eigenvalue weighted by molar-refractivity contribution is -0.168. The molecule has 0 aliphatic heterocycles. The van der Waals surface area contributed by atoms with Crippen LogP contribution in [0.15, 0.2) is 24.5 Å². The maximum absolute atomic E-state index is 11.9. The van der Waals surface area contributed by atoms with E-state index < -0.39 is 18.0 Å². The highest BCUT2D eigenvalue weighted by atomic mass is 16.6. The lowest BCUT2D eigenvalue weighted by Crippen LogP contribution is -2.22. The number of hydrogen-bond acceptors (Lipinski definition) is 5. The van der Waals surface area contributed by atoms with Crippen LogP contribution in [0.2, 0.25) is 0 Å². The molecule has 0 fully saturated rings. The molecule has 19 heavy (non-hydrogen) atoms. The first-order valence-corrected chi connectivity index (χ1v) is 6.45. The molecule has 1 atom stereocenters. The third-order valence-corrected chi connectivity index (χ3v) is 2.48. The highest BCUT2D eigenvalue weighted by Crippen LogP contribution is 2.19. The third-order valence-electron chi connectivity index (χ3n) is 2.48. The Bertz CT molecular complexity index is 405. The Morgan fingerprint density at radius 1 is 1.37 bits per heavy atom. The molecule has 0 aromatic carbocycles. The summed E-state index contributed by atoms with van der Waals surface area (Å²) in [7, 11) is 0. The summed E-state index contributed by atoms with van der Waals surface area (Å²) < 4.78 is 10.2. The first-order chi connectivity index (χ1) is 9.19. The summed E-state index contributed by atoms with van der Waals surface area (Å²) in [6.07, 6.45) is 3.98. The first kappa shape index (κ1) is 15.1. The second kappa shape index (κ2) is 8.24. The van der Waals surface area contributed by atoms with Crippen LogP contribution >= 0.6 is 0 Å². The van der Waals surface area contributed by atoms with Gasteiger partial charge in [0.2, 0.25) is 6.10 Å². The van der Waals surface area contributed by atoms with E-state index in [9.17, 15) is 9.59 Å². The zero-order valence-corrected chi connectivity index (χ0v) is 11.3. The fraction of sp³-hybridized carbons (Fsp3) is 0.500. The third kappa shape index (κ3) is 5.07. The second-order valence-electron chi connectivity index (χ2n) is 4.03. The van der Waals surface area contributed by atoms with Crippen molar-refractivity contribution in [2.24, 2.45) is 0 Å². The summed E-state index contributed by atoms with van der Waals surface area (Å²) in [5.41, 5.74) is 0.519. The molecule has 1 heterocycles. The monoisotopic (exact) mass is 265 g/mol. The number of carbonyl (C=O) groups excluding carboxylic acids is 2. The van der Waals surface area contributed by atoms with Crippen LogP contribution in [0.3, 0.4) is 0 Å². The average molecular weight is 265 g/mol. The molecule has 5 nitrogen and oxygen atoms in total. The summed E-state index contributed by atoms with van der Waals surface area (Å²) >= 11 is 0. The van der Waals surface area contributed by atoms with Crippen molar-refractivity contribution in [1.29, 1.82) is 0 Å². The van der Waals surface area contributed by atoms with E-state index in [1.807, 2.05) is 6.92 Å². The van der Waals surface area contributed by atoms with Crippen molar-refractivity contribution in [3.8, 4) is 0 Å². The SMILES string of the molecule is CCCCOC(=O)C(OC(=O)CC)c1cccnc1. The lowest BCUT2D eigenvalue weighted by atomic mass is 10.1. The van der Waals surface area contributed by atoms with Gasteiger partial charge in [-0.25, -0.2) is 4.79 Å². The standard InChI is InChI=1S/C14H19NO4/c1-3-5-9-18-14(17)13(19-12(16)4-2)11-7-6-8-15-10-11/h6-8,10,13H,3-5,9H2,1-2H3. The molecule has 0 aliphatic carbocycles. The molecule has 104 valence electrons. The lowest BCUT2D eigenvalue weighted by Gasteiger charge is -2.16. The van der Waals surface area contributed by atoms with Gasteiger partial charge in [-0.2, -0.15) is 0 Å². The second-order valence-corrected chi connectivity index (χ2v) is 4.03. The minimum absolute atomic E-state index is 0.207. The highest BCUT2D eigenvalue weighted by molar-refractivity contribution is 5.80. The van der Waals surface area contributed by atoms with Crippen LogP contribution in [0, 0.1) is 0 Å². The fourth-order valence-electron chi connectivity index (χ4n) is 1.39. The number of rotatable bonds is 7. The van der Waals surface area contributed by atoms with Crippen molar-refractivity contribution < 1.29 is 19.1 Å². The van der Waals surface area contributed by atoms with Crippen molar-refractivity contribution >= 4 is 11.9 Å². The number of nitrogens with zero attached hydrogens (tertiary/aromatic N) is 1. The number of aromatic nitrogens is 1. The van der Waals surface area contributed by atoms with Crippen LogP contribution in [0.5, 0.6) is 0 Å². The summed E-state index contributed by atoms with van der Waals surface area (Å²) in [6.45, 7) is 4.00. The van der Waals surface area contributed by atoms with Gasteiger partial charge in [-0.05, 0) is 12.5 Å². The van der Waals surface area contributed by atoms with E-state index in [0.717, 1.165) is 12.8 Å². The summed E-state index contributed by atoms with van der Waals surface area (Å²) in [6, 6.07) is 3.36. The van der Waals surface area contributed by atoms with E-state index >= 15 is 0 Å². The van der Waals surface area contributed by atoms with Gasteiger partial charge in [0, 0.05) is 24.4 Å². The van der Waals surface area contributed by atoms with E-state index in [0.29, 0.717) is 12.2 Å². The molecular formula is C14H19NO4. The van der Waals surface area contributed by atoms with Crippen LogP contribution in [0.25, 0.3) is 0 Å². The topological polar surface area (TPSA) is 65.5 Å². The van der Waals surface area contributed by atoms with Gasteiger partial charge in [0.05, 0.1) is 6.61 Å². The van der Waals surface area contributed by atoms with Gasteiger partial charge in [0.1, 0.15) is 0 Å². The molecule has 0 saturated carbocycles. The zero-order valence-electron chi connectivity index (χ0n) is 11.3. The molecule has 1 rings (SSSR count). The summed E-state index contributed by atoms with van der Waals surface area (Å²) in [4.78, 5) is 27.2. The number of hydrogen-bond donors (Lipinski definition) is 0. The number of esters is 2. The van der Waals surface area contributed by atoms with Crippen LogP contribution in [-0.2, 0) is 19.1 Å². The Labute approximate surface area is 112 Å². The minimum Gasteiger partial charge on any atom is -0.463 e. The smallest absolute Gasteiger partial charge is 0.352 e. The number of unbranched alkanes of at least 4 members (excludes halogenated alkanes) is 1. The molecule has 0 radical (unpaired) electrons. The van der Waals surface area contributed by atoms with Gasteiger partial charge in [0.25, 0.3) is 0 Å². The molecule has 1 aromatic heterocycles. The summed E-state index contributed by atoms with van der Waals surface area (Å²) in [5, 5.41) is 0. The molecule has 0 spiro atoms. The van der Waals surface area contributed by atoms with Crippen molar-refractivity contribution in [3.63, 3.8) is 0 Å². The molecule has 1 unspecified atom stereocenters. The van der Waals surface area contributed by atoms with Crippen molar-refractivity contribution in [2.75, 3.05) is 6.61 Å². The van der Waals surface area contributed by atoms with Gasteiger partial charge in [-0.15, -0.1) is 0 Å². The Hall–Kier alpha value is -1.91. The van der Waals surface area contributed by atoms with Crippen LogP contribution in [-0.4, -0.2) is 23.5 Å². The highest BCUT2D eigenvalue weighted by Gasteiger charge is 2.26. The quantitative estimate of drug-likeness (QED) is 0.559. The van der Waals surface area contributed by atoms with E-state index in [-0.39, 0.29) is 6.42 Å². The average Bonchev–Trinajstić information content (AvgIpc) is 2.45. The predicted octanol–water partition coefficient (Wildman–Crippen LogP) is 2.42. The molecule has 0 bridgehead atoms. The van der Waals surface area contributed by atoms with Gasteiger partial charge >= 0.3 is 11.9 Å². The van der Waals surface area contributed by atoms with E-state index in [2.05, 4.69) is 4.98 Å². The van der Waals surface area contributed by atoms with E-state index in [1.165, 1.54) is 6.20 Å². The Morgan fingerprint density at radius 3 is 2.74 bits per heavy atom. The molecule has 1 aromatic rings. The normalized spacial score (nSPS) is 11.7. The Kier molecular flexibility index (Phi) is 6.57. The number of pyridine rings is 1. The Balaban J connectivity index is 2.74. The molecule has 5 heteroatoms. The maximum atomic E-state index is 11.9. The van der Waals surface area contributed by atoms with Crippen molar-refractivity contribution in [3.05, 3.63) is 30.1 Å². The molecular weight excluding hydrogens is 246 g/mol. The largest absolute Gasteiger partial charge is 0.463 e. The predicted molar refractivity (Wildman–Crippen MR) is 69.2 cm³/mol. The molecule has 0 saturated heterocycles. The fourth-order valence-corrected chi connectivity index (χ4v) is 1.39. The van der Waals surface area contributed by atoms with E-state index in [1.54, 1.807) is 25.3 Å². The van der Waals surface area contributed by atoms with Gasteiger partial charge in [-0.1, -0.05) is 26.3 Å². The summed E-state index contributed by atoms with van der Waals surface area (Å²) in [5.74, 6) is -0.996. The van der Waals surface area contributed by atoms with Crippen molar-refractivity contribution in [2.45, 2.75) is 39.2 Å². The molecule has 0 aliphatic rings. The first-order valence-electron chi connectivity index (χ1n) is 6.45. The number of carbonyl (C=O) groups is 2. The zero-order chi connectivity index (χ0) is 14.1. The van der Waals surface area contributed by atoms with Gasteiger partial charge in [0.15, 0.2) is 0 Å². The Morgan fingerprint density at radius 2 is 2.16 bits per heavy atom. The minimum atomic E-state index is -1.03. The van der Waals surface area contributed by atoms with Crippen LogP contribution in [0.1, 0.15) is 44.8 Å². The van der Waals surface area contributed by atoms with Crippen LogP contribution < -0.4 is 0 Å². The van der Waals surface area contributed by atoms with Crippen LogP contribution in [0.4, 0.5) is 0 Å². The van der Waals surface area contributed by atoms with Gasteiger partial charge in [-0.3, -0.25) is 9.78 Å². The molecule has 0 amide bonds. The van der Waals surface area contributed by atoms with Crippen molar-refractivity contribution in [1.82, 2.24) is 4.98 Å². The number of ether oxygens (including phenoxy) is 2. The van der Waals surface area contributed by atoms with E-state index in [4.69, 9.17) is 9.47 Å². The maximum Gasteiger partial charge on any atom is 0.352 e. The van der Waals surface area contributed by atoms with Gasteiger partial charge < -0.3 is 9.47 Å². The molecule has 0 N–H and O–H groups in total.